The maximum atomic E-state index is 11.4. The van der Waals surface area contributed by atoms with Crippen molar-refractivity contribution < 1.29 is 37.8 Å². The Kier molecular flexibility index (Phi) is 9.87. The summed E-state index contributed by atoms with van der Waals surface area (Å²) in [5.74, 6) is -4.24. The van der Waals surface area contributed by atoms with Gasteiger partial charge in [0.15, 0.2) is 0 Å². The van der Waals surface area contributed by atoms with Gasteiger partial charge in [0.2, 0.25) is 5.91 Å². The number of hydrogen-bond acceptors (Lipinski definition) is 4. The standard InChI is InChI=1S/C13H18N2O3.C2HF3O2/c14-11(9-12(16)17)13(18)15-8-4-7-10-5-2-1-3-6-10;3-2(4,5)1(6)7/h1-3,5-6,11H,4,7-9,14H2,(H,15,18)(H,16,17);(H,6,7)/t11-;/m0./s1. The van der Waals surface area contributed by atoms with Gasteiger partial charge in [-0.2, -0.15) is 13.2 Å². The second-order valence-corrected chi connectivity index (χ2v) is 4.89. The van der Waals surface area contributed by atoms with E-state index in [1.165, 1.54) is 5.56 Å². The highest BCUT2D eigenvalue weighted by atomic mass is 19.4. The van der Waals surface area contributed by atoms with Crippen molar-refractivity contribution in [3.63, 3.8) is 0 Å². The SMILES string of the molecule is N[C@@H](CC(=O)O)C(=O)NCCCc1ccccc1.O=C(O)C(F)(F)F. The lowest BCUT2D eigenvalue weighted by Crippen LogP contribution is -2.42. The number of aliphatic carboxylic acids is 2. The van der Waals surface area contributed by atoms with Gasteiger partial charge in [0.25, 0.3) is 0 Å². The number of benzene rings is 1. The molecule has 0 saturated carbocycles. The van der Waals surface area contributed by atoms with E-state index in [4.69, 9.17) is 20.7 Å². The van der Waals surface area contributed by atoms with E-state index < -0.39 is 30.1 Å². The Morgan fingerprint density at radius 3 is 2.08 bits per heavy atom. The molecule has 1 rings (SSSR count). The molecule has 0 spiro atoms. The van der Waals surface area contributed by atoms with Gasteiger partial charge in [-0.1, -0.05) is 30.3 Å². The Balaban J connectivity index is 0.000000697. The van der Waals surface area contributed by atoms with Gasteiger partial charge in [-0.05, 0) is 18.4 Å². The lowest BCUT2D eigenvalue weighted by atomic mass is 10.1. The average molecular weight is 364 g/mol. The van der Waals surface area contributed by atoms with Crippen LogP contribution in [0.4, 0.5) is 13.2 Å². The number of aryl methyl sites for hydroxylation is 1. The molecule has 0 saturated heterocycles. The predicted molar refractivity (Wildman–Crippen MR) is 81.7 cm³/mol. The summed E-state index contributed by atoms with van der Waals surface area (Å²) in [7, 11) is 0. The van der Waals surface area contributed by atoms with E-state index in [0.717, 1.165) is 12.8 Å². The minimum atomic E-state index is -5.08. The van der Waals surface area contributed by atoms with Crippen LogP contribution in [0.5, 0.6) is 0 Å². The van der Waals surface area contributed by atoms with Crippen LogP contribution in [0, 0.1) is 0 Å². The van der Waals surface area contributed by atoms with Crippen molar-refractivity contribution in [1.82, 2.24) is 5.32 Å². The fraction of sp³-hybridized carbons (Fsp3) is 0.400. The molecule has 0 radical (unpaired) electrons. The molecule has 0 unspecified atom stereocenters. The second kappa shape index (κ2) is 11.0. The van der Waals surface area contributed by atoms with E-state index in [1.807, 2.05) is 30.3 Å². The topological polar surface area (TPSA) is 130 Å². The number of halogens is 3. The third-order valence-corrected chi connectivity index (χ3v) is 2.76. The maximum Gasteiger partial charge on any atom is 0.490 e. The number of carboxylic acid groups (broad SMARTS) is 2. The molecule has 0 aliphatic rings. The summed E-state index contributed by atoms with van der Waals surface area (Å²) in [6.07, 6.45) is -3.75. The number of amides is 1. The van der Waals surface area contributed by atoms with Crippen LogP contribution in [-0.2, 0) is 20.8 Å². The molecule has 25 heavy (non-hydrogen) atoms. The Hall–Kier alpha value is -2.62. The second-order valence-electron chi connectivity index (χ2n) is 4.89. The van der Waals surface area contributed by atoms with Crippen LogP contribution in [0.25, 0.3) is 0 Å². The van der Waals surface area contributed by atoms with Crippen LogP contribution < -0.4 is 11.1 Å². The summed E-state index contributed by atoms with van der Waals surface area (Å²) < 4.78 is 31.7. The van der Waals surface area contributed by atoms with E-state index >= 15 is 0 Å². The molecule has 0 fully saturated rings. The summed E-state index contributed by atoms with van der Waals surface area (Å²) in [4.78, 5) is 30.7. The van der Waals surface area contributed by atoms with Crippen LogP contribution in [0.3, 0.4) is 0 Å². The van der Waals surface area contributed by atoms with Gasteiger partial charge in [-0.25, -0.2) is 4.79 Å². The van der Waals surface area contributed by atoms with E-state index in [1.54, 1.807) is 0 Å². The highest BCUT2D eigenvalue weighted by Gasteiger charge is 2.38. The first kappa shape index (κ1) is 22.4. The Labute approximate surface area is 141 Å². The van der Waals surface area contributed by atoms with E-state index in [2.05, 4.69) is 5.32 Å². The number of carbonyl (C=O) groups is 3. The van der Waals surface area contributed by atoms with Gasteiger partial charge in [-0.15, -0.1) is 0 Å². The number of hydrogen-bond donors (Lipinski definition) is 4. The fourth-order valence-electron chi connectivity index (χ4n) is 1.56. The minimum Gasteiger partial charge on any atom is -0.481 e. The molecule has 7 nitrogen and oxygen atoms in total. The Morgan fingerprint density at radius 2 is 1.64 bits per heavy atom. The number of nitrogens with two attached hydrogens (primary N) is 1. The van der Waals surface area contributed by atoms with Crippen molar-refractivity contribution >= 4 is 17.8 Å². The molecule has 140 valence electrons. The molecule has 5 N–H and O–H groups in total. The van der Waals surface area contributed by atoms with Gasteiger partial charge < -0.3 is 21.3 Å². The number of alkyl halides is 3. The molecular formula is C15H19F3N2O5. The molecule has 10 heteroatoms. The minimum absolute atomic E-state index is 0.343. The van der Waals surface area contributed by atoms with Crippen LogP contribution >= 0.6 is 0 Å². The smallest absolute Gasteiger partial charge is 0.481 e. The highest BCUT2D eigenvalue weighted by Crippen LogP contribution is 2.13. The van der Waals surface area contributed by atoms with Crippen molar-refractivity contribution in [1.29, 1.82) is 0 Å². The largest absolute Gasteiger partial charge is 0.490 e. The van der Waals surface area contributed by atoms with Gasteiger partial charge in [-0.3, -0.25) is 9.59 Å². The van der Waals surface area contributed by atoms with Crippen LogP contribution in [-0.4, -0.2) is 46.8 Å². The summed E-state index contributed by atoms with van der Waals surface area (Å²) in [5, 5.41) is 18.2. The third kappa shape index (κ3) is 11.5. The first-order chi connectivity index (χ1) is 11.5. The summed E-state index contributed by atoms with van der Waals surface area (Å²) in [6, 6.07) is 8.97. The fourth-order valence-corrected chi connectivity index (χ4v) is 1.56. The number of rotatable bonds is 7. The lowest BCUT2D eigenvalue weighted by molar-refractivity contribution is -0.192. The number of nitrogens with one attached hydrogen (secondary N) is 1. The third-order valence-electron chi connectivity index (χ3n) is 2.76. The number of carbonyl (C=O) groups excluding carboxylic acids is 1. The Morgan fingerprint density at radius 1 is 1.12 bits per heavy atom. The van der Waals surface area contributed by atoms with Gasteiger partial charge in [0, 0.05) is 6.54 Å². The van der Waals surface area contributed by atoms with E-state index in [0.29, 0.717) is 6.54 Å². The van der Waals surface area contributed by atoms with Crippen molar-refractivity contribution in [2.45, 2.75) is 31.5 Å². The number of carboxylic acids is 2. The summed E-state index contributed by atoms with van der Waals surface area (Å²) in [6.45, 7) is 0.501. The molecule has 1 aromatic carbocycles. The molecular weight excluding hydrogens is 345 g/mol. The van der Waals surface area contributed by atoms with Crippen LogP contribution in [0.15, 0.2) is 30.3 Å². The molecule has 0 aliphatic carbocycles. The Bertz CT molecular complexity index is 564. The first-order valence-corrected chi connectivity index (χ1v) is 7.13. The zero-order valence-corrected chi connectivity index (χ0v) is 13.1. The first-order valence-electron chi connectivity index (χ1n) is 7.13. The van der Waals surface area contributed by atoms with Gasteiger partial charge in [0.05, 0.1) is 12.5 Å². The molecule has 1 aromatic rings. The normalized spacial score (nSPS) is 11.7. The van der Waals surface area contributed by atoms with Gasteiger partial charge in [0.1, 0.15) is 0 Å². The summed E-state index contributed by atoms with van der Waals surface area (Å²) in [5.41, 5.74) is 6.63. The maximum absolute atomic E-state index is 11.4. The van der Waals surface area contributed by atoms with Crippen molar-refractivity contribution in [2.75, 3.05) is 6.54 Å². The molecule has 0 aliphatic heterocycles. The zero-order valence-electron chi connectivity index (χ0n) is 13.1. The molecule has 0 heterocycles. The lowest BCUT2D eigenvalue weighted by Gasteiger charge is -2.09. The predicted octanol–water partition coefficient (Wildman–Crippen LogP) is 1.17. The highest BCUT2D eigenvalue weighted by molar-refractivity contribution is 5.85. The van der Waals surface area contributed by atoms with Crippen LogP contribution in [0.1, 0.15) is 18.4 Å². The summed E-state index contributed by atoms with van der Waals surface area (Å²) >= 11 is 0. The quantitative estimate of drug-likeness (QED) is 0.538. The van der Waals surface area contributed by atoms with Crippen LogP contribution in [0.2, 0.25) is 0 Å². The van der Waals surface area contributed by atoms with Gasteiger partial charge >= 0.3 is 18.1 Å². The molecule has 1 amide bonds. The van der Waals surface area contributed by atoms with Crippen molar-refractivity contribution in [3.05, 3.63) is 35.9 Å². The molecule has 0 aromatic heterocycles. The monoisotopic (exact) mass is 364 g/mol. The van der Waals surface area contributed by atoms with Crippen molar-refractivity contribution in [2.24, 2.45) is 5.73 Å². The average Bonchev–Trinajstić information content (AvgIpc) is 2.51. The molecule has 1 atom stereocenters. The molecule has 0 bridgehead atoms. The van der Waals surface area contributed by atoms with Crippen molar-refractivity contribution in [3.8, 4) is 0 Å². The van der Waals surface area contributed by atoms with E-state index in [9.17, 15) is 22.8 Å². The van der Waals surface area contributed by atoms with E-state index in [-0.39, 0.29) is 6.42 Å². The zero-order chi connectivity index (χ0) is 19.5.